The number of hydrogen-bond donors (Lipinski definition) is 1. The lowest BCUT2D eigenvalue weighted by molar-refractivity contribution is 0.739. The SMILES string of the molecule is CNCCC(Cl)(Cl)Cl. The minimum atomic E-state index is -1.09. The van der Waals surface area contributed by atoms with E-state index in [0.29, 0.717) is 6.42 Å². The predicted molar refractivity (Wildman–Crippen MR) is 38.8 cm³/mol. The zero-order valence-corrected chi connectivity index (χ0v) is 6.82. The largest absolute Gasteiger partial charge is 0.320 e. The zero-order chi connectivity index (χ0) is 6.62. The number of halogens is 3. The van der Waals surface area contributed by atoms with Gasteiger partial charge in [0.1, 0.15) is 0 Å². The molecule has 50 valence electrons. The van der Waals surface area contributed by atoms with Crippen LogP contribution in [0, 0.1) is 0 Å². The first kappa shape index (κ1) is 8.83. The molecule has 0 aliphatic heterocycles. The van der Waals surface area contributed by atoms with Gasteiger partial charge in [-0.3, -0.25) is 0 Å². The van der Waals surface area contributed by atoms with Gasteiger partial charge in [0.05, 0.1) is 0 Å². The van der Waals surface area contributed by atoms with Crippen molar-refractivity contribution in [3.8, 4) is 0 Å². The first-order valence-electron chi connectivity index (χ1n) is 2.27. The van der Waals surface area contributed by atoms with Crippen LogP contribution >= 0.6 is 34.8 Å². The van der Waals surface area contributed by atoms with Crippen molar-refractivity contribution in [1.29, 1.82) is 0 Å². The maximum absolute atomic E-state index is 5.40. The van der Waals surface area contributed by atoms with Crippen molar-refractivity contribution in [2.24, 2.45) is 0 Å². The third kappa shape index (κ3) is 6.83. The Kier molecular flexibility index (Phi) is 4.17. The van der Waals surface area contributed by atoms with E-state index < -0.39 is 3.79 Å². The summed E-state index contributed by atoms with van der Waals surface area (Å²) in [6.07, 6.45) is 0.550. The molecule has 0 aromatic carbocycles. The van der Waals surface area contributed by atoms with E-state index in [-0.39, 0.29) is 0 Å². The summed E-state index contributed by atoms with van der Waals surface area (Å²) < 4.78 is -1.09. The first-order chi connectivity index (χ1) is 3.56. The molecule has 0 radical (unpaired) electrons. The van der Waals surface area contributed by atoms with Gasteiger partial charge in [-0.25, -0.2) is 0 Å². The molecule has 4 heteroatoms. The van der Waals surface area contributed by atoms with Crippen molar-refractivity contribution < 1.29 is 0 Å². The summed E-state index contributed by atoms with van der Waals surface area (Å²) in [5.74, 6) is 0. The van der Waals surface area contributed by atoms with Crippen LogP contribution in [0.3, 0.4) is 0 Å². The van der Waals surface area contributed by atoms with Crippen molar-refractivity contribution in [3.05, 3.63) is 0 Å². The quantitative estimate of drug-likeness (QED) is 0.635. The molecule has 0 saturated carbocycles. The highest BCUT2D eigenvalue weighted by Gasteiger charge is 2.17. The predicted octanol–water partition coefficient (Wildman–Crippen LogP) is 1.97. The van der Waals surface area contributed by atoms with Crippen molar-refractivity contribution in [2.75, 3.05) is 13.6 Å². The van der Waals surface area contributed by atoms with E-state index >= 15 is 0 Å². The molecule has 1 N–H and O–H groups in total. The van der Waals surface area contributed by atoms with E-state index in [9.17, 15) is 0 Å². The Labute approximate surface area is 64.3 Å². The fraction of sp³-hybridized carbons (Fsp3) is 1.00. The highest BCUT2D eigenvalue weighted by molar-refractivity contribution is 6.67. The van der Waals surface area contributed by atoms with E-state index in [0.717, 1.165) is 6.54 Å². The van der Waals surface area contributed by atoms with Gasteiger partial charge in [0, 0.05) is 6.42 Å². The van der Waals surface area contributed by atoms with Crippen LogP contribution in [0.5, 0.6) is 0 Å². The zero-order valence-electron chi connectivity index (χ0n) is 4.55. The second-order valence-electron chi connectivity index (χ2n) is 1.47. The smallest absolute Gasteiger partial charge is 0.191 e. The molecule has 0 spiro atoms. The Morgan fingerprint density at radius 1 is 1.38 bits per heavy atom. The van der Waals surface area contributed by atoms with E-state index in [2.05, 4.69) is 5.32 Å². The summed E-state index contributed by atoms with van der Waals surface area (Å²) in [6, 6.07) is 0. The van der Waals surface area contributed by atoms with Gasteiger partial charge in [-0.2, -0.15) is 0 Å². The highest BCUT2D eigenvalue weighted by Crippen LogP contribution is 2.28. The summed E-state index contributed by atoms with van der Waals surface area (Å²) in [5.41, 5.74) is 0. The normalized spacial score (nSPS) is 12.0. The summed E-state index contributed by atoms with van der Waals surface area (Å²) in [7, 11) is 1.82. The molecule has 0 aliphatic rings. The standard InChI is InChI=1S/C4H8Cl3N/c1-8-3-2-4(5,6)7/h8H,2-3H2,1H3. The van der Waals surface area contributed by atoms with Crippen LogP contribution in [0.25, 0.3) is 0 Å². The Hall–Kier alpha value is 0.830. The van der Waals surface area contributed by atoms with Crippen LogP contribution in [0.2, 0.25) is 0 Å². The average molecular weight is 176 g/mol. The number of rotatable bonds is 2. The molecule has 0 fully saturated rings. The van der Waals surface area contributed by atoms with Crippen molar-refractivity contribution in [2.45, 2.75) is 10.2 Å². The third-order valence-electron chi connectivity index (χ3n) is 0.658. The van der Waals surface area contributed by atoms with Gasteiger partial charge in [0.15, 0.2) is 3.79 Å². The van der Waals surface area contributed by atoms with Gasteiger partial charge < -0.3 is 5.32 Å². The lowest BCUT2D eigenvalue weighted by Crippen LogP contribution is -2.15. The molecule has 0 aromatic rings. The van der Waals surface area contributed by atoms with Gasteiger partial charge in [0.2, 0.25) is 0 Å². The van der Waals surface area contributed by atoms with Gasteiger partial charge in [-0.05, 0) is 13.6 Å². The van der Waals surface area contributed by atoms with E-state index in [1.165, 1.54) is 0 Å². The molecule has 8 heavy (non-hydrogen) atoms. The van der Waals surface area contributed by atoms with E-state index in [4.69, 9.17) is 34.8 Å². The lowest BCUT2D eigenvalue weighted by Gasteiger charge is -2.08. The average Bonchev–Trinajstić information content (AvgIpc) is 1.59. The molecule has 0 saturated heterocycles. The highest BCUT2D eigenvalue weighted by atomic mass is 35.6. The number of hydrogen-bond acceptors (Lipinski definition) is 1. The molecule has 0 amide bonds. The molecule has 0 rings (SSSR count). The topological polar surface area (TPSA) is 12.0 Å². The summed E-state index contributed by atoms with van der Waals surface area (Å²) in [6.45, 7) is 0.733. The molecule has 0 aromatic heterocycles. The molecule has 0 heterocycles. The van der Waals surface area contributed by atoms with Crippen LogP contribution in [0.4, 0.5) is 0 Å². The number of alkyl halides is 3. The van der Waals surface area contributed by atoms with Crippen LogP contribution in [0.1, 0.15) is 6.42 Å². The van der Waals surface area contributed by atoms with Crippen molar-refractivity contribution >= 4 is 34.8 Å². The Morgan fingerprint density at radius 3 is 2.00 bits per heavy atom. The van der Waals surface area contributed by atoms with Gasteiger partial charge in [-0.15, -0.1) is 0 Å². The maximum atomic E-state index is 5.40. The van der Waals surface area contributed by atoms with Crippen LogP contribution < -0.4 is 5.32 Å². The van der Waals surface area contributed by atoms with Crippen LogP contribution in [-0.4, -0.2) is 17.4 Å². The Bertz CT molecular complexity index is 58.8. The second kappa shape index (κ2) is 3.78. The maximum Gasteiger partial charge on any atom is 0.191 e. The third-order valence-corrected chi connectivity index (χ3v) is 1.23. The van der Waals surface area contributed by atoms with Crippen molar-refractivity contribution in [3.63, 3.8) is 0 Å². The lowest BCUT2D eigenvalue weighted by atomic mass is 10.5. The summed E-state index contributed by atoms with van der Waals surface area (Å²) in [4.78, 5) is 0. The summed E-state index contributed by atoms with van der Waals surface area (Å²) in [5, 5.41) is 2.87. The second-order valence-corrected chi connectivity index (χ2v) is 3.98. The minimum Gasteiger partial charge on any atom is -0.320 e. The molecule has 0 aliphatic carbocycles. The van der Waals surface area contributed by atoms with Gasteiger partial charge in [0.25, 0.3) is 0 Å². The Balaban J connectivity index is 3.11. The van der Waals surface area contributed by atoms with Gasteiger partial charge >= 0.3 is 0 Å². The molecule has 1 nitrogen and oxygen atoms in total. The molecule has 0 bridgehead atoms. The molecule has 0 unspecified atom stereocenters. The monoisotopic (exact) mass is 175 g/mol. The summed E-state index contributed by atoms with van der Waals surface area (Å²) >= 11 is 16.2. The van der Waals surface area contributed by atoms with Gasteiger partial charge in [-0.1, -0.05) is 34.8 Å². The molecular weight excluding hydrogens is 168 g/mol. The number of nitrogens with one attached hydrogen (secondary N) is 1. The fourth-order valence-corrected chi connectivity index (χ4v) is 0.550. The van der Waals surface area contributed by atoms with E-state index in [1.807, 2.05) is 7.05 Å². The molecular formula is C4H8Cl3N. The Morgan fingerprint density at radius 2 is 1.88 bits per heavy atom. The van der Waals surface area contributed by atoms with E-state index in [1.54, 1.807) is 0 Å². The van der Waals surface area contributed by atoms with Crippen LogP contribution in [-0.2, 0) is 0 Å². The minimum absolute atomic E-state index is 0.550. The molecule has 0 atom stereocenters. The fourth-order valence-electron chi connectivity index (χ4n) is 0.267. The van der Waals surface area contributed by atoms with Crippen molar-refractivity contribution in [1.82, 2.24) is 5.32 Å². The van der Waals surface area contributed by atoms with Crippen LogP contribution in [0.15, 0.2) is 0 Å². The first-order valence-corrected chi connectivity index (χ1v) is 3.41.